The van der Waals surface area contributed by atoms with Crippen molar-refractivity contribution in [2.45, 2.75) is 109 Å². The number of hydrogen-bond acceptors (Lipinski definition) is 10. The number of aliphatic carboxylic acids is 1. The number of carboxylic acid groups (broad SMARTS) is 1. The molecule has 4 aromatic rings. The number of ether oxygens (including phenoxy) is 3. The van der Waals surface area contributed by atoms with Crippen LogP contribution < -0.4 is 4.74 Å². The van der Waals surface area contributed by atoms with E-state index in [9.17, 15) is 35.9 Å². The molecule has 2 aliphatic heterocycles. The fraction of sp³-hybridized carbons (Fsp3) is 0.571. The Morgan fingerprint density at radius 3 is 1.60 bits per heavy atom. The predicted octanol–water partition coefficient (Wildman–Crippen LogP) is 9.72. The summed E-state index contributed by atoms with van der Waals surface area (Å²) in [5.41, 5.74) is 2.45. The second-order valence-corrected chi connectivity index (χ2v) is 20.1. The van der Waals surface area contributed by atoms with Crippen LogP contribution in [0.2, 0.25) is 0 Å². The van der Waals surface area contributed by atoms with Gasteiger partial charge in [-0.3, -0.25) is 18.8 Å². The Bertz CT molecular complexity index is 2290. The number of methoxy groups -OCH3 is 2. The van der Waals surface area contributed by atoms with Crippen LogP contribution >= 0.6 is 0 Å². The van der Waals surface area contributed by atoms with Gasteiger partial charge >= 0.3 is 5.97 Å². The Morgan fingerprint density at radius 1 is 0.677 bits per heavy atom. The molecule has 358 valence electrons. The Kier molecular flexibility index (Phi) is 16.8. The zero-order valence-electron chi connectivity index (χ0n) is 37.9. The van der Waals surface area contributed by atoms with E-state index < -0.39 is 45.9 Å². The number of carboxylic acids is 1. The Balaban J connectivity index is 0.000000171. The van der Waals surface area contributed by atoms with Crippen LogP contribution in [0, 0.1) is 23.7 Å². The average molecular weight is 933 g/mol. The summed E-state index contributed by atoms with van der Waals surface area (Å²) in [6, 6.07) is 24.1. The van der Waals surface area contributed by atoms with Crippen LogP contribution in [0.15, 0.2) is 72.8 Å². The van der Waals surface area contributed by atoms with Gasteiger partial charge in [0.15, 0.2) is 6.29 Å². The normalized spacial score (nSPS) is 22.6. The van der Waals surface area contributed by atoms with Crippen LogP contribution in [-0.4, -0.2) is 111 Å². The third-order valence-electron chi connectivity index (χ3n) is 13.1. The number of hydrogen-bond donors (Lipinski definition) is 2. The fourth-order valence-corrected chi connectivity index (χ4v) is 10.1. The summed E-state index contributed by atoms with van der Waals surface area (Å²) in [6.45, 7) is 6.83. The molecular weight excluding hydrogens is 869 g/mol. The lowest BCUT2D eigenvalue weighted by molar-refractivity contribution is -0.170. The maximum Gasteiger partial charge on any atom is 0.309 e. The topological polar surface area (TPSA) is 135 Å². The zero-order chi connectivity index (χ0) is 47.1. The number of aromatic hydroxyl groups is 1. The van der Waals surface area contributed by atoms with Crippen molar-refractivity contribution >= 4 is 37.6 Å². The number of fused-ring (bicyclic) bond motifs is 2. The highest BCUT2D eigenvalue weighted by Gasteiger charge is 2.39. The van der Waals surface area contributed by atoms with E-state index in [0.717, 1.165) is 79.1 Å². The SMILES string of the molecule is CC(F)(F)C1CCC(OS(C)(=O)=O)CC1.CC(F)(F)C1CCC(Oc2ccc3cc(CN4CC(C(=O)O)C4)ccc3c2)CC1.COC(OC)C1CN(Cc2ccc3cc(O)ccc3c2)C1. The molecule has 11 nitrogen and oxygen atoms in total. The second kappa shape index (κ2) is 21.7. The molecule has 0 amide bonds. The van der Waals surface area contributed by atoms with E-state index in [4.69, 9.17) is 23.5 Å². The molecule has 4 aromatic carbocycles. The molecular formula is C49H64F4N2O9S. The van der Waals surface area contributed by atoms with Gasteiger partial charge in [-0.25, -0.2) is 17.6 Å². The van der Waals surface area contributed by atoms with Crippen molar-refractivity contribution in [1.82, 2.24) is 9.80 Å². The van der Waals surface area contributed by atoms with E-state index in [2.05, 4.69) is 46.2 Å². The molecule has 4 fully saturated rings. The molecule has 65 heavy (non-hydrogen) atoms. The third kappa shape index (κ3) is 14.7. The van der Waals surface area contributed by atoms with Gasteiger partial charge in [0.05, 0.1) is 24.4 Å². The number of rotatable bonds is 14. The number of halogens is 4. The molecule has 0 aromatic heterocycles. The van der Waals surface area contributed by atoms with E-state index in [1.807, 2.05) is 24.3 Å². The van der Waals surface area contributed by atoms with Gasteiger partial charge in [-0.05, 0) is 134 Å². The standard InChI is InChI=1S/C23H27F2NO3.C17H21NO3.C9H16F2O3S/c1-23(24,25)19-5-8-20(9-6-19)29-21-7-4-16-10-15(2-3-17(16)11-21)12-26-13-18(14-26)22(27)28;1-20-17(21-2)15-10-18(11-15)9-12-3-4-14-8-16(19)6-5-13(14)7-12;1-9(10,11)7-3-5-8(6-4-7)14-15(2,12)13/h2-4,7,10-11,18-20H,5-6,8-9,12-14H2,1H3,(H,27,28);3-8,15,17,19H,9-11H2,1-2H3;7-8H,3-6H2,1-2H3. The summed E-state index contributed by atoms with van der Waals surface area (Å²) in [5, 5.41) is 22.9. The summed E-state index contributed by atoms with van der Waals surface area (Å²) in [7, 11) is -0.0841. The molecule has 0 atom stereocenters. The van der Waals surface area contributed by atoms with Crippen molar-refractivity contribution in [3.05, 3.63) is 83.9 Å². The molecule has 8 rings (SSSR count). The lowest BCUT2D eigenvalue weighted by atomic mass is 9.84. The number of benzene rings is 4. The van der Waals surface area contributed by atoms with Crippen LogP contribution in [0.4, 0.5) is 17.6 Å². The van der Waals surface area contributed by atoms with Crippen molar-refractivity contribution in [2.24, 2.45) is 23.7 Å². The van der Waals surface area contributed by atoms with E-state index in [-0.39, 0.29) is 18.3 Å². The molecule has 2 heterocycles. The highest BCUT2D eigenvalue weighted by Crippen LogP contribution is 2.39. The first-order chi connectivity index (χ1) is 30.6. The predicted molar refractivity (Wildman–Crippen MR) is 242 cm³/mol. The van der Waals surface area contributed by atoms with E-state index in [1.165, 1.54) is 5.56 Å². The van der Waals surface area contributed by atoms with Crippen molar-refractivity contribution in [3.8, 4) is 11.5 Å². The van der Waals surface area contributed by atoms with Gasteiger partial charge in [0.1, 0.15) is 11.5 Å². The minimum absolute atomic E-state index is 0.000999. The highest BCUT2D eigenvalue weighted by molar-refractivity contribution is 7.86. The number of carbonyl (C=O) groups is 1. The molecule has 0 radical (unpaired) electrons. The van der Waals surface area contributed by atoms with Gasteiger partial charge in [-0.15, -0.1) is 0 Å². The number of phenols is 1. The van der Waals surface area contributed by atoms with Crippen molar-refractivity contribution in [3.63, 3.8) is 0 Å². The van der Waals surface area contributed by atoms with E-state index in [1.54, 1.807) is 26.4 Å². The second-order valence-electron chi connectivity index (χ2n) is 18.5. The molecule has 0 spiro atoms. The Hall–Kier alpha value is -4.06. The number of likely N-dealkylation sites (tertiary alicyclic amines) is 2. The summed E-state index contributed by atoms with van der Waals surface area (Å²) in [6.07, 6.45) is 4.23. The van der Waals surface area contributed by atoms with Crippen LogP contribution in [0.25, 0.3) is 21.5 Å². The first-order valence-corrected chi connectivity index (χ1v) is 24.3. The van der Waals surface area contributed by atoms with Crippen LogP contribution in [0.5, 0.6) is 11.5 Å². The van der Waals surface area contributed by atoms with Gasteiger partial charge in [0.2, 0.25) is 11.8 Å². The maximum absolute atomic E-state index is 13.5. The molecule has 16 heteroatoms. The first kappa shape index (κ1) is 50.4. The van der Waals surface area contributed by atoms with Gasteiger partial charge < -0.3 is 24.4 Å². The number of alkyl halides is 4. The fourth-order valence-electron chi connectivity index (χ4n) is 9.38. The summed E-state index contributed by atoms with van der Waals surface area (Å²) in [4.78, 5) is 15.4. The molecule has 0 bridgehead atoms. The van der Waals surface area contributed by atoms with E-state index >= 15 is 0 Å². The van der Waals surface area contributed by atoms with Crippen molar-refractivity contribution in [1.29, 1.82) is 0 Å². The lowest BCUT2D eigenvalue weighted by Gasteiger charge is -2.42. The number of phenolic OH excluding ortho intramolecular Hbond substituents is 1. The highest BCUT2D eigenvalue weighted by atomic mass is 32.2. The van der Waals surface area contributed by atoms with Crippen LogP contribution in [0.1, 0.15) is 76.3 Å². The van der Waals surface area contributed by atoms with Gasteiger partial charge in [0, 0.05) is 71.2 Å². The molecule has 2 saturated heterocycles. The zero-order valence-corrected chi connectivity index (χ0v) is 38.8. The Labute approximate surface area is 380 Å². The minimum atomic E-state index is -3.46. The smallest absolute Gasteiger partial charge is 0.309 e. The quantitative estimate of drug-likeness (QED) is 0.0711. The average Bonchev–Trinajstić information content (AvgIpc) is 3.21. The van der Waals surface area contributed by atoms with Gasteiger partial charge in [-0.1, -0.05) is 36.4 Å². The van der Waals surface area contributed by atoms with Gasteiger partial charge in [-0.2, -0.15) is 8.42 Å². The summed E-state index contributed by atoms with van der Waals surface area (Å²) in [5.74, 6) is -5.86. The summed E-state index contributed by atoms with van der Waals surface area (Å²) >= 11 is 0. The van der Waals surface area contributed by atoms with Crippen LogP contribution in [-0.2, 0) is 41.7 Å². The first-order valence-electron chi connectivity index (χ1n) is 22.4. The third-order valence-corrected chi connectivity index (χ3v) is 13.7. The molecule has 0 unspecified atom stereocenters. The molecule has 2 saturated carbocycles. The van der Waals surface area contributed by atoms with Crippen molar-refractivity contribution in [2.75, 3.05) is 46.7 Å². The lowest BCUT2D eigenvalue weighted by Crippen LogP contribution is -2.52. The molecule has 2 aliphatic carbocycles. The largest absolute Gasteiger partial charge is 0.508 e. The molecule has 2 N–H and O–H groups in total. The van der Waals surface area contributed by atoms with Crippen LogP contribution in [0.3, 0.4) is 0 Å². The minimum Gasteiger partial charge on any atom is -0.508 e. The van der Waals surface area contributed by atoms with Gasteiger partial charge in [0.25, 0.3) is 10.1 Å². The Morgan fingerprint density at radius 2 is 1.12 bits per heavy atom. The summed E-state index contributed by atoms with van der Waals surface area (Å²) < 4.78 is 95.8. The molecule has 4 aliphatic rings. The number of nitrogens with zero attached hydrogens (tertiary/aromatic N) is 2. The van der Waals surface area contributed by atoms with Crippen molar-refractivity contribution < 1.29 is 59.4 Å². The monoisotopic (exact) mass is 932 g/mol. The maximum atomic E-state index is 13.5. The van der Waals surface area contributed by atoms with E-state index in [0.29, 0.717) is 76.1 Å².